The Morgan fingerprint density at radius 3 is 2.32 bits per heavy atom. The molecule has 0 bridgehead atoms. The smallest absolute Gasteiger partial charge is 0.321 e. The van der Waals surface area contributed by atoms with Gasteiger partial charge in [-0.05, 0) is 67.7 Å². The van der Waals surface area contributed by atoms with Crippen LogP contribution >= 0.6 is 0 Å². The molecule has 5 nitrogen and oxygen atoms in total. The third kappa shape index (κ3) is 4.32. The second kappa shape index (κ2) is 9.13. The summed E-state index contributed by atoms with van der Waals surface area (Å²) in [5, 5.41) is 3.01. The number of rotatable bonds is 5. The second-order valence-electron chi connectivity index (χ2n) is 8.82. The average Bonchev–Trinajstić information content (AvgIpc) is 3.09. The van der Waals surface area contributed by atoms with Crippen molar-refractivity contribution in [3.8, 4) is 0 Å². The number of benzene rings is 2. The number of fused-ring (bicyclic) bond motifs is 2. The highest BCUT2D eigenvalue weighted by atomic mass is 16.2. The molecule has 5 heteroatoms. The molecule has 2 aromatic carbocycles. The molecule has 1 heterocycles. The summed E-state index contributed by atoms with van der Waals surface area (Å²) in [5.74, 6) is 0.524. The molecule has 1 N–H and O–H groups in total. The van der Waals surface area contributed by atoms with Gasteiger partial charge in [-0.25, -0.2) is 4.79 Å². The molecule has 31 heavy (non-hydrogen) atoms. The lowest BCUT2D eigenvalue weighted by molar-refractivity contribution is -0.131. The number of likely N-dealkylation sites (tertiary alicyclic amines) is 1. The van der Waals surface area contributed by atoms with Gasteiger partial charge in [-0.3, -0.25) is 4.79 Å². The topological polar surface area (TPSA) is 52.7 Å². The Morgan fingerprint density at radius 1 is 1.00 bits per heavy atom. The van der Waals surface area contributed by atoms with E-state index < -0.39 is 0 Å². The summed E-state index contributed by atoms with van der Waals surface area (Å²) in [5.41, 5.74) is 3.64. The van der Waals surface area contributed by atoms with Crippen LogP contribution in [0.2, 0.25) is 0 Å². The molecule has 2 aromatic rings. The van der Waals surface area contributed by atoms with Gasteiger partial charge >= 0.3 is 6.03 Å². The number of hydrogen-bond acceptors (Lipinski definition) is 2. The Balaban J connectivity index is 1.45. The summed E-state index contributed by atoms with van der Waals surface area (Å²) in [6, 6.07) is 18.3. The fourth-order valence-corrected chi connectivity index (χ4v) is 5.46. The molecule has 0 radical (unpaired) electrons. The van der Waals surface area contributed by atoms with E-state index >= 15 is 0 Å². The van der Waals surface area contributed by atoms with Crippen molar-refractivity contribution >= 4 is 17.6 Å². The second-order valence-corrected chi connectivity index (χ2v) is 8.82. The molecule has 0 aromatic heterocycles. The zero-order valence-corrected chi connectivity index (χ0v) is 18.6. The van der Waals surface area contributed by atoms with Crippen LogP contribution in [0.25, 0.3) is 0 Å². The van der Waals surface area contributed by atoms with Gasteiger partial charge in [0.05, 0.1) is 0 Å². The van der Waals surface area contributed by atoms with Gasteiger partial charge in [-0.1, -0.05) is 42.5 Å². The van der Waals surface area contributed by atoms with Gasteiger partial charge in [-0.15, -0.1) is 0 Å². The fourth-order valence-electron chi connectivity index (χ4n) is 5.46. The van der Waals surface area contributed by atoms with Gasteiger partial charge in [0.15, 0.2) is 0 Å². The van der Waals surface area contributed by atoms with Crippen LogP contribution in [0.4, 0.5) is 10.5 Å². The number of para-hydroxylation sites is 1. The van der Waals surface area contributed by atoms with Crippen LogP contribution in [0.3, 0.4) is 0 Å². The molecule has 1 spiro atoms. The lowest BCUT2D eigenvalue weighted by atomic mass is 9.73. The van der Waals surface area contributed by atoms with Crippen molar-refractivity contribution in [1.29, 1.82) is 0 Å². The summed E-state index contributed by atoms with van der Waals surface area (Å²) in [6.45, 7) is 7.09. The van der Waals surface area contributed by atoms with E-state index in [1.165, 1.54) is 11.1 Å². The Labute approximate surface area is 185 Å². The minimum absolute atomic E-state index is 0.0272. The number of hydrogen-bond donors (Lipinski definition) is 1. The number of nitrogens with zero attached hydrogens (tertiary/aromatic N) is 2. The first-order valence-corrected chi connectivity index (χ1v) is 11.5. The largest absolute Gasteiger partial charge is 0.343 e. The SMILES string of the molecule is CCN(CC)C(=O)CC1CC2(CCN(C(=O)Nc3ccccc3)CC2)c2ccccc21. The summed E-state index contributed by atoms with van der Waals surface area (Å²) in [6.07, 6.45) is 3.48. The molecule has 1 saturated heterocycles. The highest BCUT2D eigenvalue weighted by Gasteiger charge is 2.46. The van der Waals surface area contributed by atoms with Gasteiger partial charge in [0.1, 0.15) is 0 Å². The van der Waals surface area contributed by atoms with E-state index in [2.05, 4.69) is 29.6 Å². The van der Waals surface area contributed by atoms with Crippen molar-refractivity contribution in [2.24, 2.45) is 0 Å². The van der Waals surface area contributed by atoms with Crippen LogP contribution in [-0.2, 0) is 10.2 Å². The fraction of sp³-hybridized carbons (Fsp3) is 0.462. The van der Waals surface area contributed by atoms with Crippen molar-refractivity contribution in [2.75, 3.05) is 31.5 Å². The zero-order chi connectivity index (χ0) is 21.8. The Hall–Kier alpha value is -2.82. The van der Waals surface area contributed by atoms with Crippen LogP contribution < -0.4 is 5.32 Å². The van der Waals surface area contributed by atoms with Gasteiger partial charge in [-0.2, -0.15) is 0 Å². The highest BCUT2D eigenvalue weighted by molar-refractivity contribution is 5.89. The molecule has 4 rings (SSSR count). The van der Waals surface area contributed by atoms with Crippen molar-refractivity contribution in [3.05, 3.63) is 65.7 Å². The quantitative estimate of drug-likeness (QED) is 0.742. The first-order chi connectivity index (χ1) is 15.1. The molecule has 1 unspecified atom stereocenters. The van der Waals surface area contributed by atoms with Crippen LogP contribution in [0.1, 0.15) is 56.6 Å². The molecular formula is C26H33N3O2. The normalized spacial score (nSPS) is 19.2. The molecule has 1 fully saturated rings. The maximum absolute atomic E-state index is 12.8. The third-order valence-electron chi connectivity index (χ3n) is 7.18. The van der Waals surface area contributed by atoms with Crippen molar-refractivity contribution < 1.29 is 9.59 Å². The maximum atomic E-state index is 12.8. The number of nitrogens with one attached hydrogen (secondary N) is 1. The van der Waals surface area contributed by atoms with E-state index in [-0.39, 0.29) is 23.3 Å². The lowest BCUT2D eigenvalue weighted by Crippen LogP contribution is -2.46. The number of carbonyl (C=O) groups is 2. The zero-order valence-electron chi connectivity index (χ0n) is 18.6. The van der Waals surface area contributed by atoms with E-state index in [1.807, 2.05) is 54.0 Å². The number of piperidine rings is 1. The van der Waals surface area contributed by atoms with E-state index in [4.69, 9.17) is 0 Å². The molecule has 0 saturated carbocycles. The number of carbonyl (C=O) groups excluding carboxylic acids is 2. The summed E-state index contributed by atoms with van der Waals surface area (Å²) in [4.78, 5) is 29.4. The lowest BCUT2D eigenvalue weighted by Gasteiger charge is -2.40. The minimum atomic E-state index is -0.0272. The average molecular weight is 420 g/mol. The molecule has 1 aliphatic heterocycles. The Bertz CT molecular complexity index is 915. The molecule has 2 aliphatic rings. The van der Waals surface area contributed by atoms with Gasteiger partial charge in [0.25, 0.3) is 0 Å². The third-order valence-corrected chi connectivity index (χ3v) is 7.18. The van der Waals surface area contributed by atoms with Gasteiger partial charge in [0.2, 0.25) is 5.91 Å². The van der Waals surface area contributed by atoms with E-state index in [9.17, 15) is 9.59 Å². The van der Waals surface area contributed by atoms with E-state index in [0.717, 1.165) is 51.1 Å². The summed E-state index contributed by atoms with van der Waals surface area (Å²) >= 11 is 0. The monoisotopic (exact) mass is 419 g/mol. The molecule has 1 atom stereocenters. The molecular weight excluding hydrogens is 386 g/mol. The summed E-state index contributed by atoms with van der Waals surface area (Å²) in [7, 11) is 0. The van der Waals surface area contributed by atoms with E-state index in [1.54, 1.807) is 0 Å². The van der Waals surface area contributed by atoms with Gasteiger partial charge in [0, 0.05) is 38.3 Å². The van der Waals surface area contributed by atoms with Crippen LogP contribution in [-0.4, -0.2) is 47.9 Å². The standard InChI is InChI=1S/C26H33N3O2/c1-3-28(4-2)24(30)18-20-19-26(23-13-9-8-12-22(20)23)14-16-29(17-15-26)25(31)27-21-10-6-5-7-11-21/h5-13,20H,3-4,14-19H2,1-2H3,(H,27,31). The molecule has 164 valence electrons. The van der Waals surface area contributed by atoms with Crippen molar-refractivity contribution in [2.45, 2.75) is 50.9 Å². The maximum Gasteiger partial charge on any atom is 0.321 e. The Morgan fingerprint density at radius 2 is 1.65 bits per heavy atom. The van der Waals surface area contributed by atoms with E-state index in [0.29, 0.717) is 6.42 Å². The highest BCUT2D eigenvalue weighted by Crippen LogP contribution is 2.52. The summed E-state index contributed by atoms with van der Waals surface area (Å²) < 4.78 is 0. The van der Waals surface area contributed by atoms with Crippen LogP contribution in [0.5, 0.6) is 0 Å². The number of amides is 3. The predicted molar refractivity (Wildman–Crippen MR) is 124 cm³/mol. The van der Waals surface area contributed by atoms with Crippen molar-refractivity contribution in [1.82, 2.24) is 9.80 Å². The first kappa shape index (κ1) is 21.4. The molecule has 3 amide bonds. The minimum Gasteiger partial charge on any atom is -0.343 e. The predicted octanol–water partition coefficient (Wildman–Crippen LogP) is 5.00. The van der Waals surface area contributed by atoms with Crippen LogP contribution in [0.15, 0.2) is 54.6 Å². The first-order valence-electron chi connectivity index (χ1n) is 11.5. The number of anilines is 1. The number of urea groups is 1. The van der Waals surface area contributed by atoms with Crippen LogP contribution in [0, 0.1) is 0 Å². The van der Waals surface area contributed by atoms with Crippen molar-refractivity contribution in [3.63, 3.8) is 0 Å². The Kier molecular flexibility index (Phi) is 6.30. The van der Waals surface area contributed by atoms with Gasteiger partial charge < -0.3 is 15.1 Å². The molecule has 1 aliphatic carbocycles.